The molecule has 1 aliphatic rings. The van der Waals surface area contributed by atoms with E-state index in [0.717, 1.165) is 31.6 Å². The normalized spacial score (nSPS) is 19.6. The fourth-order valence-corrected chi connectivity index (χ4v) is 1.88. The maximum absolute atomic E-state index is 11.7. The molecular weight excluding hydrogens is 202 g/mol. The zero-order valence-corrected chi connectivity index (χ0v) is 9.28. The van der Waals surface area contributed by atoms with E-state index in [9.17, 15) is 4.79 Å². The Balaban J connectivity index is 1.70. The highest BCUT2D eigenvalue weighted by molar-refractivity contribution is 5.79. The monoisotopic (exact) mass is 219 g/mol. The first-order valence-corrected chi connectivity index (χ1v) is 5.74. The van der Waals surface area contributed by atoms with Crippen molar-refractivity contribution in [3.63, 3.8) is 0 Å². The van der Waals surface area contributed by atoms with E-state index in [0.29, 0.717) is 6.54 Å². The summed E-state index contributed by atoms with van der Waals surface area (Å²) in [4.78, 5) is 15.9. The van der Waals surface area contributed by atoms with Crippen LogP contribution >= 0.6 is 0 Å². The Hall–Kier alpha value is -1.42. The highest BCUT2D eigenvalue weighted by atomic mass is 16.1. The van der Waals surface area contributed by atoms with E-state index in [1.165, 1.54) is 0 Å². The van der Waals surface area contributed by atoms with E-state index in [1.54, 1.807) is 6.20 Å². The summed E-state index contributed by atoms with van der Waals surface area (Å²) < 4.78 is 0. The van der Waals surface area contributed by atoms with Crippen LogP contribution in [0, 0.1) is 5.92 Å². The minimum Gasteiger partial charge on any atom is -0.355 e. The summed E-state index contributed by atoms with van der Waals surface area (Å²) in [5.74, 6) is 0.324. The molecule has 16 heavy (non-hydrogen) atoms. The predicted octanol–water partition coefficient (Wildman–Crippen LogP) is 0.350. The second kappa shape index (κ2) is 5.61. The summed E-state index contributed by atoms with van der Waals surface area (Å²) in [7, 11) is 0. The van der Waals surface area contributed by atoms with Crippen molar-refractivity contribution in [1.29, 1.82) is 0 Å². The summed E-state index contributed by atoms with van der Waals surface area (Å²) in [5.41, 5.74) is 1.02. The summed E-state index contributed by atoms with van der Waals surface area (Å²) >= 11 is 0. The van der Waals surface area contributed by atoms with Gasteiger partial charge in [0.15, 0.2) is 0 Å². The highest BCUT2D eigenvalue weighted by Crippen LogP contribution is 2.06. The number of hydrogen-bond acceptors (Lipinski definition) is 3. The number of aromatic nitrogens is 1. The van der Waals surface area contributed by atoms with Crippen molar-refractivity contribution < 1.29 is 4.79 Å². The number of carbonyl (C=O) groups excluding carboxylic acids is 1. The summed E-state index contributed by atoms with van der Waals surface area (Å²) in [6.45, 7) is 2.44. The van der Waals surface area contributed by atoms with Crippen LogP contribution in [-0.2, 0) is 11.2 Å². The minimum absolute atomic E-state index is 0.156. The van der Waals surface area contributed by atoms with Gasteiger partial charge in [-0.1, -0.05) is 6.07 Å². The maximum atomic E-state index is 11.7. The van der Waals surface area contributed by atoms with E-state index < -0.39 is 0 Å². The predicted molar refractivity (Wildman–Crippen MR) is 61.9 cm³/mol. The second-order valence-corrected chi connectivity index (χ2v) is 4.05. The van der Waals surface area contributed by atoms with Gasteiger partial charge in [-0.05, 0) is 25.1 Å². The van der Waals surface area contributed by atoms with Crippen LogP contribution in [0.1, 0.15) is 12.1 Å². The van der Waals surface area contributed by atoms with Gasteiger partial charge in [0.2, 0.25) is 5.91 Å². The van der Waals surface area contributed by atoms with E-state index >= 15 is 0 Å². The number of nitrogens with zero attached hydrogens (tertiary/aromatic N) is 1. The van der Waals surface area contributed by atoms with Crippen molar-refractivity contribution in [2.75, 3.05) is 19.6 Å². The molecule has 0 aromatic carbocycles. The molecule has 1 amide bonds. The molecule has 4 nitrogen and oxygen atoms in total. The minimum atomic E-state index is 0.156. The van der Waals surface area contributed by atoms with E-state index in [2.05, 4.69) is 15.6 Å². The third kappa shape index (κ3) is 3.03. The molecule has 4 heteroatoms. The van der Waals surface area contributed by atoms with E-state index in [4.69, 9.17) is 0 Å². The molecule has 1 fully saturated rings. The lowest BCUT2D eigenvalue weighted by Crippen LogP contribution is -2.33. The average Bonchev–Trinajstić information content (AvgIpc) is 2.84. The van der Waals surface area contributed by atoms with Gasteiger partial charge in [-0.3, -0.25) is 9.78 Å². The maximum Gasteiger partial charge on any atom is 0.224 e. The van der Waals surface area contributed by atoms with Gasteiger partial charge in [-0.2, -0.15) is 0 Å². The SMILES string of the molecule is O=C(NCCc1ccccn1)C1CCNC1. The molecule has 0 saturated carbocycles. The zero-order valence-electron chi connectivity index (χ0n) is 9.28. The fraction of sp³-hybridized carbons (Fsp3) is 0.500. The van der Waals surface area contributed by atoms with Crippen LogP contribution in [0.5, 0.6) is 0 Å². The van der Waals surface area contributed by atoms with Crippen LogP contribution in [0.4, 0.5) is 0 Å². The summed E-state index contributed by atoms with van der Waals surface area (Å²) in [6.07, 6.45) is 3.53. The van der Waals surface area contributed by atoms with Crippen LogP contribution in [-0.4, -0.2) is 30.5 Å². The van der Waals surface area contributed by atoms with Gasteiger partial charge in [0.25, 0.3) is 0 Å². The molecule has 1 aromatic rings. The van der Waals surface area contributed by atoms with Crippen LogP contribution in [0.25, 0.3) is 0 Å². The van der Waals surface area contributed by atoms with Gasteiger partial charge < -0.3 is 10.6 Å². The molecule has 1 aliphatic heterocycles. The topological polar surface area (TPSA) is 54.0 Å². The molecule has 0 bridgehead atoms. The molecule has 0 aliphatic carbocycles. The van der Waals surface area contributed by atoms with Crippen molar-refractivity contribution in [2.24, 2.45) is 5.92 Å². The van der Waals surface area contributed by atoms with Crippen molar-refractivity contribution >= 4 is 5.91 Å². The van der Waals surface area contributed by atoms with Crippen LogP contribution in [0.3, 0.4) is 0 Å². The second-order valence-electron chi connectivity index (χ2n) is 4.05. The highest BCUT2D eigenvalue weighted by Gasteiger charge is 2.21. The Kier molecular flexibility index (Phi) is 3.88. The Morgan fingerprint density at radius 3 is 3.19 bits per heavy atom. The Morgan fingerprint density at radius 2 is 2.50 bits per heavy atom. The van der Waals surface area contributed by atoms with Crippen molar-refractivity contribution in [2.45, 2.75) is 12.8 Å². The van der Waals surface area contributed by atoms with Crippen LogP contribution in [0.2, 0.25) is 0 Å². The Morgan fingerprint density at radius 1 is 1.56 bits per heavy atom. The standard InChI is InChI=1S/C12H17N3O/c16-12(10-4-7-13-9-10)15-8-5-11-3-1-2-6-14-11/h1-3,6,10,13H,4-5,7-9H2,(H,15,16). The molecule has 1 atom stereocenters. The molecule has 2 N–H and O–H groups in total. The van der Waals surface area contributed by atoms with E-state index in [1.807, 2.05) is 18.2 Å². The van der Waals surface area contributed by atoms with Gasteiger partial charge in [-0.15, -0.1) is 0 Å². The van der Waals surface area contributed by atoms with Crippen LogP contribution < -0.4 is 10.6 Å². The smallest absolute Gasteiger partial charge is 0.224 e. The zero-order chi connectivity index (χ0) is 11.2. The van der Waals surface area contributed by atoms with Crippen molar-refractivity contribution in [3.05, 3.63) is 30.1 Å². The number of carbonyl (C=O) groups is 1. The first-order valence-electron chi connectivity index (χ1n) is 5.74. The molecule has 86 valence electrons. The number of nitrogens with one attached hydrogen (secondary N) is 2. The quantitative estimate of drug-likeness (QED) is 0.768. The lowest BCUT2D eigenvalue weighted by atomic mass is 10.1. The lowest BCUT2D eigenvalue weighted by molar-refractivity contribution is -0.124. The molecule has 0 spiro atoms. The van der Waals surface area contributed by atoms with Crippen LogP contribution in [0.15, 0.2) is 24.4 Å². The molecule has 0 radical (unpaired) electrons. The number of pyridine rings is 1. The average molecular weight is 219 g/mol. The third-order valence-corrected chi connectivity index (χ3v) is 2.84. The third-order valence-electron chi connectivity index (χ3n) is 2.84. The van der Waals surface area contributed by atoms with Crippen molar-refractivity contribution in [3.8, 4) is 0 Å². The van der Waals surface area contributed by atoms with Gasteiger partial charge in [0.1, 0.15) is 0 Å². The van der Waals surface area contributed by atoms with Gasteiger partial charge in [0.05, 0.1) is 5.92 Å². The molecule has 2 rings (SSSR count). The largest absolute Gasteiger partial charge is 0.355 e. The van der Waals surface area contributed by atoms with Gasteiger partial charge in [-0.25, -0.2) is 0 Å². The first-order chi connectivity index (χ1) is 7.86. The Labute approximate surface area is 95.5 Å². The first kappa shape index (κ1) is 11.1. The Bertz CT molecular complexity index is 333. The number of rotatable bonds is 4. The van der Waals surface area contributed by atoms with E-state index in [-0.39, 0.29) is 11.8 Å². The number of amides is 1. The lowest BCUT2D eigenvalue weighted by Gasteiger charge is -2.09. The number of hydrogen-bond donors (Lipinski definition) is 2. The molecule has 1 unspecified atom stereocenters. The van der Waals surface area contributed by atoms with Gasteiger partial charge in [0, 0.05) is 31.4 Å². The molecule has 1 aromatic heterocycles. The molecular formula is C12H17N3O. The summed E-state index contributed by atoms with van der Waals surface area (Å²) in [5, 5.41) is 6.14. The van der Waals surface area contributed by atoms with Gasteiger partial charge >= 0.3 is 0 Å². The molecule has 2 heterocycles. The fourth-order valence-electron chi connectivity index (χ4n) is 1.88. The molecule has 1 saturated heterocycles. The summed E-state index contributed by atoms with van der Waals surface area (Å²) in [6, 6.07) is 5.83. The van der Waals surface area contributed by atoms with Crippen molar-refractivity contribution in [1.82, 2.24) is 15.6 Å².